The van der Waals surface area contributed by atoms with Gasteiger partial charge in [-0.05, 0) is 35.9 Å². The van der Waals surface area contributed by atoms with Crippen LogP contribution in [0.25, 0.3) is 5.57 Å². The van der Waals surface area contributed by atoms with Crippen LogP contribution in [0.15, 0.2) is 84.6 Å². The first kappa shape index (κ1) is 21.8. The van der Waals surface area contributed by atoms with E-state index in [0.29, 0.717) is 22.7 Å². The zero-order chi connectivity index (χ0) is 23.4. The molecule has 0 fully saturated rings. The number of hydrogen-bond acceptors (Lipinski definition) is 5. The molecular formula is C26H23N3O4. The molecule has 4 rings (SSSR count). The molecule has 7 nitrogen and oxygen atoms in total. The highest BCUT2D eigenvalue weighted by Crippen LogP contribution is 2.36. The third-order valence-corrected chi connectivity index (χ3v) is 5.20. The lowest BCUT2D eigenvalue weighted by molar-refractivity contribution is -0.137. The van der Waals surface area contributed by atoms with E-state index in [0.717, 1.165) is 5.56 Å². The van der Waals surface area contributed by atoms with Gasteiger partial charge in [-0.2, -0.15) is 0 Å². The Morgan fingerprint density at radius 3 is 2.15 bits per heavy atom. The largest absolute Gasteiger partial charge is 0.496 e. The van der Waals surface area contributed by atoms with Gasteiger partial charge < -0.3 is 15.4 Å². The minimum absolute atomic E-state index is 0.157. The number of imide groups is 1. The van der Waals surface area contributed by atoms with Crippen LogP contribution in [0.2, 0.25) is 0 Å². The van der Waals surface area contributed by atoms with E-state index in [-0.39, 0.29) is 23.7 Å². The molecule has 0 saturated carbocycles. The zero-order valence-corrected chi connectivity index (χ0v) is 18.3. The molecule has 3 amide bonds. The number of anilines is 2. The molecule has 0 atom stereocenters. The fourth-order valence-electron chi connectivity index (χ4n) is 3.69. The second-order valence-electron chi connectivity index (χ2n) is 7.52. The molecule has 1 heterocycles. The summed E-state index contributed by atoms with van der Waals surface area (Å²) in [6.07, 6.45) is 0. The normalized spacial score (nSPS) is 13.3. The number of para-hydroxylation sites is 1. The van der Waals surface area contributed by atoms with E-state index >= 15 is 0 Å². The van der Waals surface area contributed by atoms with Crippen molar-refractivity contribution < 1.29 is 19.1 Å². The summed E-state index contributed by atoms with van der Waals surface area (Å²) >= 11 is 0. The molecule has 0 bridgehead atoms. The minimum Gasteiger partial charge on any atom is -0.496 e. The van der Waals surface area contributed by atoms with Crippen molar-refractivity contribution in [1.82, 2.24) is 4.90 Å². The number of amides is 3. The van der Waals surface area contributed by atoms with E-state index in [1.165, 1.54) is 18.9 Å². The molecule has 2 N–H and O–H groups in total. The molecule has 0 radical (unpaired) electrons. The Balaban J connectivity index is 1.73. The lowest BCUT2D eigenvalue weighted by atomic mass is 10.0. The SMILES string of the molecule is COc1ccccc1C1=C(Nc2ccc(NC(C)=O)cc2)C(=O)N(Cc2ccccc2)C1=O. The maximum Gasteiger partial charge on any atom is 0.278 e. The number of carbonyl (C=O) groups is 3. The molecule has 0 unspecified atom stereocenters. The lowest BCUT2D eigenvalue weighted by Gasteiger charge is -2.15. The van der Waals surface area contributed by atoms with Crippen LogP contribution in [0.3, 0.4) is 0 Å². The summed E-state index contributed by atoms with van der Waals surface area (Å²) in [7, 11) is 1.52. The van der Waals surface area contributed by atoms with E-state index in [1.807, 2.05) is 30.3 Å². The molecule has 0 aromatic heterocycles. The number of nitrogens with zero attached hydrogens (tertiary/aromatic N) is 1. The smallest absolute Gasteiger partial charge is 0.278 e. The van der Waals surface area contributed by atoms with Crippen LogP contribution in [0.1, 0.15) is 18.1 Å². The standard InChI is InChI=1S/C26H23N3O4/c1-17(30)27-19-12-14-20(15-13-19)28-24-23(21-10-6-7-11-22(21)33-2)25(31)29(26(24)32)16-18-8-4-3-5-9-18/h3-15,28H,16H2,1-2H3,(H,27,30). The topological polar surface area (TPSA) is 87.7 Å². The van der Waals surface area contributed by atoms with Gasteiger partial charge in [-0.25, -0.2) is 0 Å². The summed E-state index contributed by atoms with van der Waals surface area (Å²) in [5, 5.41) is 5.82. The van der Waals surface area contributed by atoms with Crippen molar-refractivity contribution >= 4 is 34.7 Å². The predicted molar refractivity (Wildman–Crippen MR) is 126 cm³/mol. The second kappa shape index (κ2) is 9.40. The van der Waals surface area contributed by atoms with Crippen molar-refractivity contribution in [2.75, 3.05) is 17.7 Å². The van der Waals surface area contributed by atoms with Gasteiger partial charge in [0.15, 0.2) is 0 Å². The van der Waals surface area contributed by atoms with Gasteiger partial charge >= 0.3 is 0 Å². The third-order valence-electron chi connectivity index (χ3n) is 5.20. The maximum atomic E-state index is 13.5. The van der Waals surface area contributed by atoms with Crippen molar-refractivity contribution in [1.29, 1.82) is 0 Å². The zero-order valence-electron chi connectivity index (χ0n) is 18.3. The van der Waals surface area contributed by atoms with E-state index in [1.54, 1.807) is 48.5 Å². The Kier molecular flexibility index (Phi) is 6.22. The highest BCUT2D eigenvalue weighted by molar-refractivity contribution is 6.36. The minimum atomic E-state index is -0.421. The molecule has 3 aromatic carbocycles. The molecule has 0 spiro atoms. The molecule has 0 saturated heterocycles. The van der Waals surface area contributed by atoms with Gasteiger partial charge in [0.25, 0.3) is 11.8 Å². The Bertz CT molecular complexity index is 1230. The van der Waals surface area contributed by atoms with Crippen LogP contribution in [0.5, 0.6) is 5.75 Å². The summed E-state index contributed by atoms with van der Waals surface area (Å²) < 4.78 is 5.46. The first-order valence-electron chi connectivity index (χ1n) is 10.4. The van der Waals surface area contributed by atoms with Crippen molar-refractivity contribution in [3.05, 3.63) is 95.7 Å². The van der Waals surface area contributed by atoms with E-state index in [2.05, 4.69) is 10.6 Å². The molecule has 1 aliphatic rings. The van der Waals surface area contributed by atoms with Crippen molar-refractivity contribution in [2.24, 2.45) is 0 Å². The van der Waals surface area contributed by atoms with E-state index in [9.17, 15) is 14.4 Å². The molecule has 1 aliphatic heterocycles. The molecule has 0 aliphatic carbocycles. The maximum absolute atomic E-state index is 13.5. The molecule has 3 aromatic rings. The van der Waals surface area contributed by atoms with Crippen LogP contribution in [-0.4, -0.2) is 29.7 Å². The van der Waals surface area contributed by atoms with Crippen LogP contribution in [0.4, 0.5) is 11.4 Å². The van der Waals surface area contributed by atoms with Crippen molar-refractivity contribution in [2.45, 2.75) is 13.5 Å². The Morgan fingerprint density at radius 2 is 1.48 bits per heavy atom. The van der Waals surface area contributed by atoms with Crippen molar-refractivity contribution in [3.63, 3.8) is 0 Å². The first-order valence-corrected chi connectivity index (χ1v) is 10.4. The molecule has 33 heavy (non-hydrogen) atoms. The average Bonchev–Trinajstić information content (AvgIpc) is 3.04. The van der Waals surface area contributed by atoms with E-state index < -0.39 is 11.8 Å². The highest BCUT2D eigenvalue weighted by atomic mass is 16.5. The van der Waals surface area contributed by atoms with Crippen LogP contribution in [-0.2, 0) is 20.9 Å². The van der Waals surface area contributed by atoms with E-state index in [4.69, 9.17) is 4.74 Å². The fourth-order valence-corrected chi connectivity index (χ4v) is 3.69. The predicted octanol–water partition coefficient (Wildman–Crippen LogP) is 4.05. The summed E-state index contributed by atoms with van der Waals surface area (Å²) in [5.41, 5.74) is 3.04. The quantitative estimate of drug-likeness (QED) is 0.540. The summed E-state index contributed by atoms with van der Waals surface area (Å²) in [5.74, 6) is -0.498. The fraction of sp³-hybridized carbons (Fsp3) is 0.115. The van der Waals surface area contributed by atoms with Gasteiger partial charge in [-0.1, -0.05) is 48.5 Å². The van der Waals surface area contributed by atoms with Gasteiger partial charge in [0.1, 0.15) is 11.4 Å². The first-order chi connectivity index (χ1) is 16.0. The summed E-state index contributed by atoms with van der Waals surface area (Å²) in [6, 6.07) is 23.4. The number of hydrogen-bond donors (Lipinski definition) is 2. The Morgan fingerprint density at radius 1 is 0.848 bits per heavy atom. The number of ether oxygens (including phenoxy) is 1. The molecular weight excluding hydrogens is 418 g/mol. The number of nitrogens with one attached hydrogen (secondary N) is 2. The number of rotatable bonds is 7. The Hall–Kier alpha value is -4.39. The van der Waals surface area contributed by atoms with Crippen molar-refractivity contribution in [3.8, 4) is 5.75 Å². The van der Waals surface area contributed by atoms with Gasteiger partial charge in [-0.3, -0.25) is 19.3 Å². The molecule has 166 valence electrons. The molecule has 7 heteroatoms. The highest BCUT2D eigenvalue weighted by Gasteiger charge is 2.40. The van der Waals surface area contributed by atoms with Gasteiger partial charge in [0.05, 0.1) is 19.2 Å². The van der Waals surface area contributed by atoms with Gasteiger partial charge in [0, 0.05) is 23.9 Å². The Labute approximate surface area is 191 Å². The second-order valence-corrected chi connectivity index (χ2v) is 7.52. The number of benzene rings is 3. The van der Waals surface area contributed by atoms with Gasteiger partial charge in [-0.15, -0.1) is 0 Å². The average molecular weight is 441 g/mol. The number of methoxy groups -OCH3 is 1. The van der Waals surface area contributed by atoms with Gasteiger partial charge in [0.2, 0.25) is 5.91 Å². The summed E-state index contributed by atoms with van der Waals surface area (Å²) in [4.78, 5) is 39.4. The summed E-state index contributed by atoms with van der Waals surface area (Å²) in [6.45, 7) is 1.59. The van der Waals surface area contributed by atoms with Crippen LogP contribution >= 0.6 is 0 Å². The number of carbonyl (C=O) groups excluding carboxylic acids is 3. The van der Waals surface area contributed by atoms with Crippen LogP contribution < -0.4 is 15.4 Å². The lowest BCUT2D eigenvalue weighted by Crippen LogP contribution is -2.32. The monoisotopic (exact) mass is 441 g/mol. The van der Waals surface area contributed by atoms with Crippen LogP contribution in [0, 0.1) is 0 Å². The third kappa shape index (κ3) is 4.62.